The summed E-state index contributed by atoms with van der Waals surface area (Å²) in [6, 6.07) is 0.0928. The standard InChI is InChI=1S/C12H24N2O/c1-9(8-13)14-11(15)10-6-4-5-7-12(10,2)3/h9-10H,4-8,13H2,1-3H3,(H,14,15)/t9-,10?/m1/s1. The van der Waals surface area contributed by atoms with E-state index in [-0.39, 0.29) is 23.3 Å². The van der Waals surface area contributed by atoms with Crippen molar-refractivity contribution in [3.05, 3.63) is 0 Å². The van der Waals surface area contributed by atoms with Crippen LogP contribution in [0.3, 0.4) is 0 Å². The van der Waals surface area contributed by atoms with Gasteiger partial charge in [-0.15, -0.1) is 0 Å². The minimum absolute atomic E-state index is 0.0928. The summed E-state index contributed by atoms with van der Waals surface area (Å²) in [5, 5.41) is 2.99. The molecule has 0 bridgehead atoms. The van der Waals surface area contributed by atoms with E-state index in [1.54, 1.807) is 0 Å². The Bertz CT molecular complexity index is 226. The molecule has 1 unspecified atom stereocenters. The number of hydrogen-bond acceptors (Lipinski definition) is 2. The molecule has 1 fully saturated rings. The minimum atomic E-state index is 0.0928. The lowest BCUT2D eigenvalue weighted by atomic mass is 9.68. The fourth-order valence-electron chi connectivity index (χ4n) is 2.38. The molecule has 1 aliphatic carbocycles. The molecule has 3 N–H and O–H groups in total. The minimum Gasteiger partial charge on any atom is -0.352 e. The van der Waals surface area contributed by atoms with Crippen LogP contribution in [0.5, 0.6) is 0 Å². The second kappa shape index (κ2) is 4.97. The number of carbonyl (C=O) groups excluding carboxylic acids is 1. The Morgan fingerprint density at radius 1 is 1.53 bits per heavy atom. The van der Waals surface area contributed by atoms with Gasteiger partial charge < -0.3 is 11.1 Å². The third kappa shape index (κ3) is 3.20. The maximum absolute atomic E-state index is 12.0. The van der Waals surface area contributed by atoms with Gasteiger partial charge in [0.05, 0.1) is 0 Å². The van der Waals surface area contributed by atoms with E-state index in [2.05, 4.69) is 19.2 Å². The molecule has 0 aliphatic heterocycles. The van der Waals surface area contributed by atoms with Crippen LogP contribution in [-0.4, -0.2) is 18.5 Å². The molecule has 3 heteroatoms. The third-order valence-corrected chi connectivity index (χ3v) is 3.57. The summed E-state index contributed by atoms with van der Waals surface area (Å²) in [5.41, 5.74) is 5.65. The van der Waals surface area contributed by atoms with Gasteiger partial charge in [0.15, 0.2) is 0 Å². The van der Waals surface area contributed by atoms with Crippen molar-refractivity contribution in [3.63, 3.8) is 0 Å². The van der Waals surface area contributed by atoms with Gasteiger partial charge in [-0.1, -0.05) is 26.7 Å². The average molecular weight is 212 g/mol. The van der Waals surface area contributed by atoms with Gasteiger partial charge in [-0.3, -0.25) is 4.79 Å². The molecule has 0 saturated heterocycles. The summed E-state index contributed by atoms with van der Waals surface area (Å²) >= 11 is 0. The van der Waals surface area contributed by atoms with Gasteiger partial charge in [-0.25, -0.2) is 0 Å². The molecule has 0 heterocycles. The van der Waals surface area contributed by atoms with Gasteiger partial charge in [0.2, 0.25) is 5.91 Å². The highest BCUT2D eigenvalue weighted by atomic mass is 16.2. The van der Waals surface area contributed by atoms with Crippen LogP contribution in [0.1, 0.15) is 46.5 Å². The SMILES string of the molecule is C[C@H](CN)NC(=O)C1CCCCC1(C)C. The summed E-state index contributed by atoms with van der Waals surface area (Å²) in [6.07, 6.45) is 4.61. The van der Waals surface area contributed by atoms with Crippen LogP contribution >= 0.6 is 0 Å². The summed E-state index contributed by atoms with van der Waals surface area (Å²) in [6.45, 7) is 6.86. The van der Waals surface area contributed by atoms with E-state index < -0.39 is 0 Å². The third-order valence-electron chi connectivity index (χ3n) is 3.57. The number of nitrogens with two attached hydrogens (primary N) is 1. The summed E-state index contributed by atoms with van der Waals surface area (Å²) in [7, 11) is 0. The van der Waals surface area contributed by atoms with Crippen molar-refractivity contribution in [2.75, 3.05) is 6.54 Å². The van der Waals surface area contributed by atoms with E-state index in [4.69, 9.17) is 5.73 Å². The van der Waals surface area contributed by atoms with E-state index in [1.165, 1.54) is 12.8 Å². The zero-order valence-corrected chi connectivity index (χ0v) is 10.2. The first-order valence-corrected chi connectivity index (χ1v) is 5.98. The smallest absolute Gasteiger partial charge is 0.223 e. The Balaban J connectivity index is 2.57. The van der Waals surface area contributed by atoms with E-state index >= 15 is 0 Å². The van der Waals surface area contributed by atoms with Crippen LogP contribution in [0.2, 0.25) is 0 Å². The van der Waals surface area contributed by atoms with E-state index in [0.29, 0.717) is 6.54 Å². The fraction of sp³-hybridized carbons (Fsp3) is 0.917. The highest BCUT2D eigenvalue weighted by Crippen LogP contribution is 2.40. The van der Waals surface area contributed by atoms with Crippen molar-refractivity contribution in [3.8, 4) is 0 Å². The van der Waals surface area contributed by atoms with Crippen molar-refractivity contribution in [1.29, 1.82) is 0 Å². The molecule has 0 aromatic carbocycles. The highest BCUT2D eigenvalue weighted by Gasteiger charge is 2.37. The Kier molecular flexibility index (Phi) is 4.14. The van der Waals surface area contributed by atoms with Crippen molar-refractivity contribution in [2.24, 2.45) is 17.1 Å². The van der Waals surface area contributed by atoms with Crippen LogP contribution in [0, 0.1) is 11.3 Å². The topological polar surface area (TPSA) is 55.1 Å². The zero-order chi connectivity index (χ0) is 11.5. The number of carbonyl (C=O) groups is 1. The van der Waals surface area contributed by atoms with E-state index in [1.807, 2.05) is 6.92 Å². The van der Waals surface area contributed by atoms with Crippen LogP contribution in [0.15, 0.2) is 0 Å². The van der Waals surface area contributed by atoms with Gasteiger partial charge in [-0.2, -0.15) is 0 Å². The predicted octanol–water partition coefficient (Wildman–Crippen LogP) is 1.67. The lowest BCUT2D eigenvalue weighted by Gasteiger charge is -2.38. The molecule has 0 aromatic rings. The maximum Gasteiger partial charge on any atom is 0.223 e. The van der Waals surface area contributed by atoms with Crippen LogP contribution in [0.25, 0.3) is 0 Å². The molecule has 0 spiro atoms. The second-order valence-electron chi connectivity index (χ2n) is 5.43. The van der Waals surface area contributed by atoms with Gasteiger partial charge in [0.1, 0.15) is 0 Å². The van der Waals surface area contributed by atoms with Crippen molar-refractivity contribution in [1.82, 2.24) is 5.32 Å². The molecule has 2 atom stereocenters. The quantitative estimate of drug-likeness (QED) is 0.747. The molecule has 0 aromatic heterocycles. The van der Waals surface area contributed by atoms with Crippen LogP contribution in [0.4, 0.5) is 0 Å². The van der Waals surface area contributed by atoms with Crippen molar-refractivity contribution < 1.29 is 4.79 Å². The highest BCUT2D eigenvalue weighted by molar-refractivity contribution is 5.79. The van der Waals surface area contributed by atoms with Crippen LogP contribution in [-0.2, 0) is 4.79 Å². The summed E-state index contributed by atoms with van der Waals surface area (Å²) in [4.78, 5) is 12.0. The molecule has 1 saturated carbocycles. The Morgan fingerprint density at radius 3 is 2.73 bits per heavy atom. The predicted molar refractivity (Wildman–Crippen MR) is 62.4 cm³/mol. The molecular weight excluding hydrogens is 188 g/mol. The number of nitrogens with one attached hydrogen (secondary N) is 1. The van der Waals surface area contributed by atoms with Crippen molar-refractivity contribution >= 4 is 5.91 Å². The largest absolute Gasteiger partial charge is 0.352 e. The van der Waals surface area contributed by atoms with Gasteiger partial charge >= 0.3 is 0 Å². The molecule has 88 valence electrons. The normalized spacial score (nSPS) is 27.1. The van der Waals surface area contributed by atoms with E-state index in [0.717, 1.165) is 12.8 Å². The molecule has 0 radical (unpaired) electrons. The van der Waals surface area contributed by atoms with Gasteiger partial charge in [-0.05, 0) is 25.2 Å². The molecular formula is C12H24N2O. The van der Waals surface area contributed by atoms with Crippen LogP contribution < -0.4 is 11.1 Å². The summed E-state index contributed by atoms with van der Waals surface area (Å²) in [5.74, 6) is 0.359. The first kappa shape index (κ1) is 12.5. The molecule has 15 heavy (non-hydrogen) atoms. The zero-order valence-electron chi connectivity index (χ0n) is 10.2. The molecule has 1 amide bonds. The summed E-state index contributed by atoms with van der Waals surface area (Å²) < 4.78 is 0. The maximum atomic E-state index is 12.0. The molecule has 3 nitrogen and oxygen atoms in total. The Morgan fingerprint density at radius 2 is 2.20 bits per heavy atom. The fourth-order valence-corrected chi connectivity index (χ4v) is 2.38. The number of rotatable bonds is 3. The molecule has 1 rings (SSSR count). The Hall–Kier alpha value is -0.570. The Labute approximate surface area is 92.8 Å². The van der Waals surface area contributed by atoms with Crippen molar-refractivity contribution in [2.45, 2.75) is 52.5 Å². The average Bonchev–Trinajstić information content (AvgIpc) is 2.16. The monoisotopic (exact) mass is 212 g/mol. The number of hydrogen-bond donors (Lipinski definition) is 2. The first-order chi connectivity index (χ1) is 6.97. The second-order valence-corrected chi connectivity index (χ2v) is 5.43. The molecule has 1 aliphatic rings. The lowest BCUT2D eigenvalue weighted by molar-refractivity contribution is -0.130. The number of amides is 1. The van der Waals surface area contributed by atoms with E-state index in [9.17, 15) is 4.79 Å². The van der Waals surface area contributed by atoms with Gasteiger partial charge in [0.25, 0.3) is 0 Å². The first-order valence-electron chi connectivity index (χ1n) is 5.98. The lowest BCUT2D eigenvalue weighted by Crippen LogP contribution is -2.46. The van der Waals surface area contributed by atoms with Gasteiger partial charge in [0, 0.05) is 18.5 Å².